The molecular weight excluding hydrogens is 268 g/mol. The summed E-state index contributed by atoms with van der Waals surface area (Å²) in [6.45, 7) is 3.61. The van der Waals surface area contributed by atoms with E-state index >= 15 is 0 Å². The Kier molecular flexibility index (Phi) is 3.71. The molecule has 0 aromatic carbocycles. The van der Waals surface area contributed by atoms with Gasteiger partial charge in [0.2, 0.25) is 5.88 Å². The van der Waals surface area contributed by atoms with Crippen LogP contribution in [0.5, 0.6) is 0 Å². The first-order valence-corrected chi connectivity index (χ1v) is 5.98. The third-order valence-electron chi connectivity index (χ3n) is 2.74. The number of nitrogens with zero attached hydrogens (tertiary/aromatic N) is 2. The van der Waals surface area contributed by atoms with Crippen molar-refractivity contribution in [2.24, 2.45) is 0 Å². The van der Waals surface area contributed by atoms with Crippen molar-refractivity contribution in [3.8, 4) is 0 Å². The molecule has 2 rings (SSSR count). The first-order chi connectivity index (χ1) is 9.02. The monoisotopic (exact) mass is 280 g/mol. The maximum atomic E-state index is 12.1. The van der Waals surface area contributed by atoms with Gasteiger partial charge in [0.25, 0.3) is 5.91 Å². The third-order valence-corrected chi connectivity index (χ3v) is 3.04. The van der Waals surface area contributed by atoms with Gasteiger partial charge in [0, 0.05) is 18.8 Å². The van der Waals surface area contributed by atoms with Gasteiger partial charge < -0.3 is 9.84 Å². The van der Waals surface area contributed by atoms with Crippen molar-refractivity contribution in [3.63, 3.8) is 0 Å². The summed E-state index contributed by atoms with van der Waals surface area (Å²) in [7, 11) is 1.71. The normalized spacial score (nSPS) is 10.3. The van der Waals surface area contributed by atoms with Gasteiger partial charge in [-0.15, -0.1) is 0 Å². The van der Waals surface area contributed by atoms with E-state index in [-0.39, 0.29) is 10.9 Å². The van der Waals surface area contributed by atoms with Crippen LogP contribution in [0.2, 0.25) is 5.02 Å². The van der Waals surface area contributed by atoms with Crippen LogP contribution < -0.4 is 10.6 Å². The van der Waals surface area contributed by atoms with Crippen LogP contribution in [0.3, 0.4) is 0 Å². The van der Waals surface area contributed by atoms with Crippen molar-refractivity contribution in [2.45, 2.75) is 13.8 Å². The van der Waals surface area contributed by atoms with Crippen LogP contribution >= 0.6 is 11.6 Å². The lowest BCUT2D eigenvalue weighted by Crippen LogP contribution is -2.13. The summed E-state index contributed by atoms with van der Waals surface area (Å²) in [5.41, 5.74) is 1.83. The average Bonchev–Trinajstić information content (AvgIpc) is 2.71. The number of amides is 1. The minimum absolute atomic E-state index is 0.269. The maximum absolute atomic E-state index is 12.1. The van der Waals surface area contributed by atoms with Crippen molar-refractivity contribution < 1.29 is 9.32 Å². The largest absolute Gasteiger partial charge is 0.373 e. The molecule has 100 valence electrons. The Morgan fingerprint density at radius 2 is 2.16 bits per heavy atom. The van der Waals surface area contributed by atoms with Gasteiger partial charge in [-0.25, -0.2) is 4.98 Å². The predicted molar refractivity (Wildman–Crippen MR) is 72.7 cm³/mol. The molecule has 0 atom stereocenters. The molecule has 2 aromatic heterocycles. The standard InChI is InChI=1S/C12H13ClN4O2/c1-6-7(2)17-19-12(6)16-11(18)8-4-10(14-3)15-5-9(8)13/h4-5H,1-3H3,(H,14,15)(H,16,18). The van der Waals surface area contributed by atoms with E-state index in [1.54, 1.807) is 20.0 Å². The maximum Gasteiger partial charge on any atom is 0.259 e. The average molecular weight is 281 g/mol. The van der Waals surface area contributed by atoms with Gasteiger partial charge in [-0.3, -0.25) is 10.1 Å². The Balaban J connectivity index is 2.27. The topological polar surface area (TPSA) is 80.0 Å². The molecular formula is C12H13ClN4O2. The Morgan fingerprint density at radius 1 is 1.42 bits per heavy atom. The SMILES string of the molecule is CNc1cc(C(=O)Nc2onc(C)c2C)c(Cl)cn1. The van der Waals surface area contributed by atoms with E-state index in [0.717, 1.165) is 11.3 Å². The lowest BCUT2D eigenvalue weighted by atomic mass is 10.2. The molecule has 0 saturated heterocycles. The molecule has 0 bridgehead atoms. The van der Waals surface area contributed by atoms with E-state index in [2.05, 4.69) is 20.8 Å². The number of nitrogens with one attached hydrogen (secondary N) is 2. The highest BCUT2D eigenvalue weighted by molar-refractivity contribution is 6.34. The van der Waals surface area contributed by atoms with Gasteiger partial charge >= 0.3 is 0 Å². The number of aromatic nitrogens is 2. The second-order valence-corrected chi connectivity index (χ2v) is 4.38. The number of carbonyl (C=O) groups is 1. The van der Waals surface area contributed by atoms with Crippen LogP contribution in [0.25, 0.3) is 0 Å². The number of aryl methyl sites for hydroxylation is 1. The highest BCUT2D eigenvalue weighted by Gasteiger charge is 2.16. The van der Waals surface area contributed by atoms with E-state index in [4.69, 9.17) is 16.1 Å². The Hall–Kier alpha value is -2.08. The zero-order chi connectivity index (χ0) is 14.0. The van der Waals surface area contributed by atoms with Crippen LogP contribution in [0.4, 0.5) is 11.7 Å². The molecule has 1 amide bonds. The van der Waals surface area contributed by atoms with Crippen molar-refractivity contribution in [3.05, 3.63) is 34.1 Å². The highest BCUT2D eigenvalue weighted by Crippen LogP contribution is 2.22. The minimum Gasteiger partial charge on any atom is -0.373 e. The summed E-state index contributed by atoms with van der Waals surface area (Å²) in [6, 6.07) is 1.57. The van der Waals surface area contributed by atoms with E-state index in [9.17, 15) is 4.79 Å². The number of anilines is 2. The summed E-state index contributed by atoms with van der Waals surface area (Å²) >= 11 is 5.96. The summed E-state index contributed by atoms with van der Waals surface area (Å²) in [5.74, 6) is 0.504. The summed E-state index contributed by atoms with van der Waals surface area (Å²) in [6.07, 6.45) is 1.42. The van der Waals surface area contributed by atoms with Crippen LogP contribution in [0.1, 0.15) is 21.6 Å². The van der Waals surface area contributed by atoms with Crippen molar-refractivity contribution in [2.75, 3.05) is 17.7 Å². The fraction of sp³-hybridized carbons (Fsp3) is 0.250. The van der Waals surface area contributed by atoms with E-state index in [0.29, 0.717) is 17.3 Å². The van der Waals surface area contributed by atoms with Gasteiger partial charge in [-0.2, -0.15) is 0 Å². The van der Waals surface area contributed by atoms with E-state index in [1.165, 1.54) is 6.20 Å². The van der Waals surface area contributed by atoms with Crippen LogP contribution in [0.15, 0.2) is 16.8 Å². The molecule has 0 aliphatic carbocycles. The van der Waals surface area contributed by atoms with Crippen LogP contribution in [-0.2, 0) is 0 Å². The van der Waals surface area contributed by atoms with Crippen LogP contribution in [0, 0.1) is 13.8 Å². The second-order valence-electron chi connectivity index (χ2n) is 3.98. The number of carbonyl (C=O) groups excluding carboxylic acids is 1. The molecule has 6 nitrogen and oxygen atoms in total. The molecule has 19 heavy (non-hydrogen) atoms. The molecule has 0 fully saturated rings. The zero-order valence-corrected chi connectivity index (χ0v) is 11.5. The molecule has 0 aliphatic heterocycles. The summed E-state index contributed by atoms with van der Waals surface area (Å²) in [4.78, 5) is 16.1. The first kappa shape index (κ1) is 13.4. The third kappa shape index (κ3) is 2.68. The number of hydrogen-bond acceptors (Lipinski definition) is 5. The summed E-state index contributed by atoms with van der Waals surface area (Å²) < 4.78 is 5.03. The van der Waals surface area contributed by atoms with Gasteiger partial charge in [-0.1, -0.05) is 16.8 Å². The zero-order valence-electron chi connectivity index (χ0n) is 10.7. The van der Waals surface area contributed by atoms with E-state index < -0.39 is 0 Å². The molecule has 0 unspecified atom stereocenters. The summed E-state index contributed by atoms with van der Waals surface area (Å²) in [5, 5.41) is 9.52. The highest BCUT2D eigenvalue weighted by atomic mass is 35.5. The Bertz CT molecular complexity index is 624. The Morgan fingerprint density at radius 3 is 2.74 bits per heavy atom. The fourth-order valence-electron chi connectivity index (χ4n) is 1.45. The van der Waals surface area contributed by atoms with Gasteiger partial charge in [-0.05, 0) is 19.9 Å². The van der Waals surface area contributed by atoms with Crippen molar-refractivity contribution >= 4 is 29.2 Å². The van der Waals surface area contributed by atoms with Crippen molar-refractivity contribution in [1.29, 1.82) is 0 Å². The first-order valence-electron chi connectivity index (χ1n) is 5.60. The van der Waals surface area contributed by atoms with Crippen molar-refractivity contribution in [1.82, 2.24) is 10.1 Å². The number of halogens is 1. The second kappa shape index (κ2) is 5.27. The quantitative estimate of drug-likeness (QED) is 0.903. The lowest BCUT2D eigenvalue weighted by Gasteiger charge is -2.06. The molecule has 2 heterocycles. The Labute approximate surface area is 115 Å². The molecule has 2 aromatic rings. The van der Waals surface area contributed by atoms with E-state index in [1.807, 2.05) is 6.92 Å². The fourth-order valence-corrected chi connectivity index (χ4v) is 1.64. The minimum atomic E-state index is -0.372. The molecule has 7 heteroatoms. The lowest BCUT2D eigenvalue weighted by molar-refractivity contribution is 0.102. The molecule has 0 saturated carbocycles. The molecule has 2 N–H and O–H groups in total. The number of hydrogen-bond donors (Lipinski definition) is 2. The van der Waals surface area contributed by atoms with Gasteiger partial charge in [0.15, 0.2) is 0 Å². The molecule has 0 radical (unpaired) electrons. The number of pyridine rings is 1. The number of rotatable bonds is 3. The van der Waals surface area contributed by atoms with Gasteiger partial charge in [0.1, 0.15) is 5.82 Å². The van der Waals surface area contributed by atoms with Crippen LogP contribution in [-0.4, -0.2) is 23.1 Å². The molecule has 0 spiro atoms. The smallest absolute Gasteiger partial charge is 0.259 e. The predicted octanol–water partition coefficient (Wildman–Crippen LogP) is 2.63. The van der Waals surface area contributed by atoms with Gasteiger partial charge in [0.05, 0.1) is 16.3 Å². The molecule has 0 aliphatic rings.